The average Bonchev–Trinajstić information content (AvgIpc) is 0.761. The van der Waals surface area contributed by atoms with E-state index in [1.165, 1.54) is 40.1 Å². The van der Waals surface area contributed by atoms with Crippen molar-refractivity contribution in [2.24, 2.45) is 11.7 Å². The number of aromatic hydroxyl groups is 3. The Kier molecular flexibility index (Phi) is 29.9. The highest BCUT2D eigenvalue weighted by Gasteiger charge is 2.50. The van der Waals surface area contributed by atoms with E-state index in [1.807, 2.05) is 50.2 Å². The van der Waals surface area contributed by atoms with Gasteiger partial charge in [0.05, 0.1) is 55.0 Å². The maximum atomic E-state index is 16.2. The van der Waals surface area contributed by atoms with Gasteiger partial charge in [-0.25, -0.2) is 9.59 Å². The highest BCUT2D eigenvalue weighted by Crippen LogP contribution is 2.50. The van der Waals surface area contributed by atoms with E-state index in [0.717, 1.165) is 83.4 Å². The molecule has 0 aromatic heterocycles. The molecule has 0 radical (unpaired) electrons. The number of carbonyl (C=O) groups excluding carboxylic acids is 8. The Morgan fingerprint density at radius 3 is 1.84 bits per heavy atom. The average molecular weight is 1770 g/mol. The fourth-order valence-electron chi connectivity index (χ4n) is 14.5. The molecule has 18 atom stereocenters. The SMILES string of the molecule is CN[C@H](CC(C)C)C(=O)NC1C(=O)N[C@@H](CC(N)=O)C(=O)N[C@H]2C(=O)NC3C(=O)N[C@H](C(=O)N[C@@H](C(=O)O)c4cc(O)cc(O)c4-c4cc3ccc4O)[C@H](O)c3ccc(c(Cl)c3)Oc3cc2cc(c3OC2OC(CO)C(O)C(O)C2O[C@H](C)OC(C)C(O)C(C)(C)NCC(OCc2ccc(-c3ccc(Cl)cc3)cc2)C(=O)OC)Oc2ccc(cc2Cl)[C@H]1O. The van der Waals surface area contributed by atoms with Crippen molar-refractivity contribution in [3.63, 3.8) is 0 Å². The number of methoxy groups -OCH3 is 1. The Labute approximate surface area is 718 Å². The van der Waals surface area contributed by atoms with Gasteiger partial charge in [-0.1, -0.05) is 103 Å². The molecule has 39 heteroatoms. The van der Waals surface area contributed by atoms with Gasteiger partial charge in [-0.2, -0.15) is 0 Å². The molecule has 10 unspecified atom stereocenters. The van der Waals surface area contributed by atoms with Gasteiger partial charge in [0.15, 0.2) is 36.0 Å². The molecule has 20 N–H and O–H groups in total. The third kappa shape index (κ3) is 21.6. The second kappa shape index (κ2) is 39.6. The molecule has 1 saturated heterocycles. The molecule has 0 aliphatic carbocycles. The minimum Gasteiger partial charge on any atom is -0.508 e. The number of carbonyl (C=O) groups is 9. The number of aliphatic carboxylic acids is 1. The summed E-state index contributed by atoms with van der Waals surface area (Å²) in [5.41, 5.74) is 4.03. The number of esters is 1. The molecule has 7 aromatic carbocycles. The number of halogens is 3. The van der Waals surface area contributed by atoms with Crippen molar-refractivity contribution in [3.8, 4) is 68.2 Å². The molecule has 7 aromatic rings. The first kappa shape index (κ1) is 92.7. The Hall–Kier alpha value is -11.0. The first-order valence-corrected chi connectivity index (χ1v) is 39.9. The number of fused-ring (bicyclic) bond motifs is 15. The summed E-state index contributed by atoms with van der Waals surface area (Å²) >= 11 is 20.4. The van der Waals surface area contributed by atoms with Crippen molar-refractivity contribution >= 4 is 88.1 Å². The van der Waals surface area contributed by atoms with E-state index in [2.05, 4.69) is 42.5 Å². The number of amides is 7. The number of carboxylic acids is 1. The topological polar surface area (TPSA) is 552 Å². The van der Waals surface area contributed by atoms with Crippen LogP contribution in [0.5, 0.6) is 46.0 Å². The number of likely N-dealkylation sites (N-methyl/N-ethyl adjacent to an activating group) is 1. The number of primary amides is 1. The van der Waals surface area contributed by atoms with Gasteiger partial charge in [0.2, 0.25) is 53.4 Å². The molecule has 6 heterocycles. The van der Waals surface area contributed by atoms with Crippen LogP contribution in [0.4, 0.5) is 0 Å². The lowest BCUT2D eigenvalue weighted by molar-refractivity contribution is -0.320. The Morgan fingerprint density at radius 2 is 1.25 bits per heavy atom. The lowest BCUT2D eigenvalue weighted by Gasteiger charge is -2.43. The van der Waals surface area contributed by atoms with Crippen LogP contribution in [0.3, 0.4) is 0 Å². The van der Waals surface area contributed by atoms with Gasteiger partial charge in [0, 0.05) is 39.9 Å². The number of carboxylic acid groups (broad SMARTS) is 1. The van der Waals surface area contributed by atoms with Crippen molar-refractivity contribution in [2.75, 3.05) is 27.3 Å². The number of phenols is 3. The fourth-order valence-corrected chi connectivity index (χ4v) is 15.1. The van der Waals surface area contributed by atoms with Gasteiger partial charge in [-0.05, 0) is 153 Å². The van der Waals surface area contributed by atoms with Crippen LogP contribution in [-0.4, -0.2) is 217 Å². The summed E-state index contributed by atoms with van der Waals surface area (Å²) in [5, 5.41) is 137. The van der Waals surface area contributed by atoms with Crippen molar-refractivity contribution in [2.45, 2.75) is 176 Å². The summed E-state index contributed by atoms with van der Waals surface area (Å²) in [7, 11) is 2.65. The van der Waals surface area contributed by atoms with Gasteiger partial charge >= 0.3 is 11.9 Å². The van der Waals surface area contributed by atoms with Crippen LogP contribution in [-0.2, 0) is 73.4 Å². The summed E-state index contributed by atoms with van der Waals surface area (Å²) in [5.74, 6) is -17.1. The largest absolute Gasteiger partial charge is 0.508 e. The van der Waals surface area contributed by atoms with Crippen LogP contribution in [0.25, 0.3) is 22.3 Å². The van der Waals surface area contributed by atoms with E-state index in [1.54, 1.807) is 26.0 Å². The first-order valence-electron chi connectivity index (χ1n) is 38.7. The number of benzene rings is 7. The molecule has 11 bridgehead atoms. The zero-order valence-electron chi connectivity index (χ0n) is 67.3. The van der Waals surface area contributed by atoms with Gasteiger partial charge in [-0.15, -0.1) is 0 Å². The van der Waals surface area contributed by atoms with E-state index < -0.39 is 254 Å². The molecule has 6 aliphatic rings. The summed E-state index contributed by atoms with van der Waals surface area (Å²) in [6, 6.07) is 13.7. The Morgan fingerprint density at radius 1 is 0.659 bits per heavy atom. The molecule has 7 amide bonds. The zero-order valence-corrected chi connectivity index (χ0v) is 69.5. The van der Waals surface area contributed by atoms with Crippen LogP contribution in [0.1, 0.15) is 118 Å². The molecule has 13 rings (SSSR count). The predicted molar refractivity (Wildman–Crippen MR) is 437 cm³/mol. The minimum absolute atomic E-state index is 0.0202. The molecule has 0 spiro atoms. The maximum absolute atomic E-state index is 16.2. The van der Waals surface area contributed by atoms with E-state index in [0.29, 0.717) is 5.02 Å². The third-order valence-corrected chi connectivity index (χ3v) is 21.9. The first-order chi connectivity index (χ1) is 58.3. The van der Waals surface area contributed by atoms with E-state index in [4.69, 9.17) is 78.4 Å². The van der Waals surface area contributed by atoms with Crippen LogP contribution < -0.4 is 62.5 Å². The highest BCUT2D eigenvalue weighted by molar-refractivity contribution is 6.32. The van der Waals surface area contributed by atoms with Crippen molar-refractivity contribution in [1.82, 2.24) is 42.5 Å². The highest BCUT2D eigenvalue weighted by atomic mass is 35.5. The van der Waals surface area contributed by atoms with E-state index in [-0.39, 0.29) is 47.9 Å². The maximum Gasteiger partial charge on any atom is 0.336 e. The van der Waals surface area contributed by atoms with Gasteiger partial charge in [-0.3, -0.25) is 33.6 Å². The van der Waals surface area contributed by atoms with Crippen molar-refractivity contribution in [1.29, 1.82) is 0 Å². The predicted octanol–water partition coefficient (Wildman–Crippen LogP) is 4.45. The Balaban J connectivity index is 1.03. The number of nitrogens with two attached hydrogens (primary N) is 1. The summed E-state index contributed by atoms with van der Waals surface area (Å²) < 4.78 is 50.1. The smallest absolute Gasteiger partial charge is 0.336 e. The van der Waals surface area contributed by atoms with Crippen molar-refractivity contribution in [3.05, 3.63) is 176 Å². The second-order valence-electron chi connectivity index (χ2n) is 30.8. The standard InChI is InChI=1S/C84H94Cl3N9O27/c1-35(2)23-51(89-7)75(107)95-66-68(102)42-16-21-55(49(86)25-42)120-57-27-44-28-58(72(57)123-83-73(71(105)70(104)60(33-97)122-83)119-37(4)118-36(3)74(106)84(5,6)90-32-59(82(115)116-8)117-34-38-9-11-39(12-10-38)40-13-18-45(85)19-14-40)121-56-22-17-43(26-50(56)87)69(103)67-80(112)94-65(81(113)114)48-29-46(98)30-54(100)62(48)47-24-41(15-20-53(47)99)63(77(109)96-67)93-78(110)64(44)92-76(108)52(31-61(88)101)91-79(66)111/h9-22,24-30,35-37,51-52,59-60,63-71,73-74,83,89-90,97-100,102-106H,23,31-34H2,1-8H3,(H2,88,101)(H,91,111)(H,92,108)(H,93,110)(H,94,112)(H,95,107)(H,96,109)(H,113,114)/t36?,37-,51-,52+,59?,60?,63?,64-,65-,66?,67+,68-,69-,70?,71?,73?,74?,83?/m1/s1. The van der Waals surface area contributed by atoms with Crippen molar-refractivity contribution < 1.29 is 132 Å². The summed E-state index contributed by atoms with van der Waals surface area (Å²) in [4.78, 5) is 131. The van der Waals surface area contributed by atoms with E-state index in [9.17, 15) is 79.8 Å². The van der Waals surface area contributed by atoms with Gasteiger partial charge < -0.3 is 137 Å². The number of nitrogens with one attached hydrogen (secondary N) is 8. The lowest BCUT2D eigenvalue weighted by Crippen LogP contribution is -2.62. The van der Waals surface area contributed by atoms with Crippen LogP contribution in [0.2, 0.25) is 15.1 Å². The quantitative estimate of drug-likeness (QED) is 0.0277. The second-order valence-corrected chi connectivity index (χ2v) is 32.0. The van der Waals surface area contributed by atoms with Gasteiger partial charge in [0.25, 0.3) is 0 Å². The molecule has 0 saturated carbocycles. The fraction of sp³-hybridized carbons (Fsp3) is 0.393. The number of aliphatic hydroxyl groups excluding tert-OH is 6. The van der Waals surface area contributed by atoms with Crippen LogP contribution in [0.15, 0.2) is 127 Å². The molecule has 658 valence electrons. The number of hydrogen-bond donors (Lipinski definition) is 19. The molecular formula is C84H94Cl3N9O27. The molecule has 1 fully saturated rings. The minimum atomic E-state index is -2.39. The number of hydrogen-bond acceptors (Lipinski definition) is 28. The summed E-state index contributed by atoms with van der Waals surface area (Å²) in [6.07, 6.45) is -20.6. The molecule has 123 heavy (non-hydrogen) atoms. The number of phenolic OH excluding ortho intramolecular Hbond substituents is 3. The van der Waals surface area contributed by atoms with Gasteiger partial charge in [0.1, 0.15) is 89.5 Å². The third-order valence-electron chi connectivity index (χ3n) is 21.1. The molecule has 36 nitrogen and oxygen atoms in total. The number of aliphatic hydroxyl groups is 6. The van der Waals surface area contributed by atoms with E-state index >= 15 is 14.4 Å². The monoisotopic (exact) mass is 1770 g/mol. The lowest BCUT2D eigenvalue weighted by atomic mass is 9.89. The summed E-state index contributed by atoms with van der Waals surface area (Å²) in [6.45, 7) is 8.40. The Bertz CT molecular complexity index is 5110. The molecular weight excluding hydrogens is 1670 g/mol. The normalized spacial score (nSPS) is 23.6. The van der Waals surface area contributed by atoms with Crippen LogP contribution >= 0.6 is 34.8 Å². The molecule has 6 aliphatic heterocycles. The number of ether oxygens (including phenoxy) is 8. The zero-order chi connectivity index (χ0) is 89.5. The van der Waals surface area contributed by atoms with Crippen LogP contribution in [0, 0.1) is 5.92 Å². The number of rotatable bonds is 25.